The monoisotopic (exact) mass is 277 g/mol. The number of halogens is 4. The Morgan fingerprint density at radius 1 is 1.29 bits per heavy atom. The summed E-state index contributed by atoms with van der Waals surface area (Å²) in [6, 6.07) is 1.85. The van der Waals surface area contributed by atoms with Gasteiger partial charge < -0.3 is 4.42 Å². The fraction of sp³-hybridized carbons (Fsp3) is 0.182. The average molecular weight is 278 g/mol. The van der Waals surface area contributed by atoms with Gasteiger partial charge in [-0.1, -0.05) is 11.6 Å². The van der Waals surface area contributed by atoms with Gasteiger partial charge in [-0.25, -0.2) is 13.8 Å². The van der Waals surface area contributed by atoms with E-state index >= 15 is 0 Å². The van der Waals surface area contributed by atoms with Crippen molar-refractivity contribution >= 4 is 23.2 Å². The Bertz CT molecular complexity index is 554. The van der Waals surface area contributed by atoms with Crippen LogP contribution in [-0.4, -0.2) is 4.98 Å². The standard InChI is InChI=1S/C11H7Cl2F2NO/c1-5(12)11-16-4-10(17-11)6-2-9(15)7(13)3-8(6)14/h2-5H,1H3. The van der Waals surface area contributed by atoms with Crippen molar-refractivity contribution in [3.63, 3.8) is 0 Å². The highest BCUT2D eigenvalue weighted by molar-refractivity contribution is 6.30. The highest BCUT2D eigenvalue weighted by Gasteiger charge is 2.16. The molecule has 0 aliphatic carbocycles. The van der Waals surface area contributed by atoms with Gasteiger partial charge in [-0.15, -0.1) is 11.6 Å². The zero-order valence-corrected chi connectivity index (χ0v) is 10.2. The van der Waals surface area contributed by atoms with Gasteiger partial charge in [0.05, 0.1) is 16.8 Å². The predicted octanol–water partition coefficient (Wildman–Crippen LogP) is 4.57. The lowest BCUT2D eigenvalue weighted by molar-refractivity contribution is 0.502. The maximum Gasteiger partial charge on any atom is 0.212 e. The number of alkyl halides is 1. The van der Waals surface area contributed by atoms with E-state index in [4.69, 9.17) is 27.6 Å². The molecule has 17 heavy (non-hydrogen) atoms. The van der Waals surface area contributed by atoms with Gasteiger partial charge in [0.25, 0.3) is 0 Å². The molecule has 0 saturated carbocycles. The fourth-order valence-corrected chi connectivity index (χ4v) is 1.56. The summed E-state index contributed by atoms with van der Waals surface area (Å²) in [7, 11) is 0. The van der Waals surface area contributed by atoms with Crippen LogP contribution >= 0.6 is 23.2 Å². The Morgan fingerprint density at radius 2 is 2.00 bits per heavy atom. The van der Waals surface area contributed by atoms with Gasteiger partial charge in [-0.3, -0.25) is 0 Å². The van der Waals surface area contributed by atoms with E-state index in [2.05, 4.69) is 4.98 Å². The Labute approximate surface area is 106 Å². The third kappa shape index (κ3) is 2.42. The molecule has 0 N–H and O–H groups in total. The largest absolute Gasteiger partial charge is 0.439 e. The van der Waals surface area contributed by atoms with Crippen molar-refractivity contribution in [3.8, 4) is 11.3 Å². The molecule has 0 saturated heterocycles. The molecule has 0 aliphatic rings. The number of aromatic nitrogens is 1. The SMILES string of the molecule is CC(Cl)c1ncc(-c2cc(F)c(Cl)cc2F)o1. The fourth-order valence-electron chi connectivity index (χ4n) is 1.31. The van der Waals surface area contributed by atoms with E-state index in [1.807, 2.05) is 0 Å². The Morgan fingerprint density at radius 3 is 2.59 bits per heavy atom. The summed E-state index contributed by atoms with van der Waals surface area (Å²) in [5.74, 6) is -1.04. The quantitative estimate of drug-likeness (QED) is 0.594. The molecule has 0 aliphatic heterocycles. The maximum atomic E-state index is 13.6. The van der Waals surface area contributed by atoms with E-state index in [9.17, 15) is 8.78 Å². The van der Waals surface area contributed by atoms with Crippen LogP contribution in [0.2, 0.25) is 5.02 Å². The van der Waals surface area contributed by atoms with Crippen molar-refractivity contribution in [2.75, 3.05) is 0 Å². The molecular weight excluding hydrogens is 271 g/mol. The van der Waals surface area contributed by atoms with Gasteiger partial charge in [0.2, 0.25) is 5.89 Å². The van der Waals surface area contributed by atoms with Crippen LogP contribution in [0.3, 0.4) is 0 Å². The zero-order valence-electron chi connectivity index (χ0n) is 8.68. The highest BCUT2D eigenvalue weighted by atomic mass is 35.5. The number of rotatable bonds is 2. The van der Waals surface area contributed by atoms with E-state index in [1.54, 1.807) is 6.92 Å². The van der Waals surface area contributed by atoms with E-state index in [0.717, 1.165) is 12.1 Å². The van der Waals surface area contributed by atoms with Crippen molar-refractivity contribution in [3.05, 3.63) is 40.9 Å². The van der Waals surface area contributed by atoms with Crippen molar-refractivity contribution in [2.24, 2.45) is 0 Å². The number of oxazole rings is 1. The lowest BCUT2D eigenvalue weighted by Gasteiger charge is -2.01. The van der Waals surface area contributed by atoms with Gasteiger partial charge >= 0.3 is 0 Å². The molecule has 1 heterocycles. The van der Waals surface area contributed by atoms with Gasteiger partial charge in [-0.05, 0) is 19.1 Å². The van der Waals surface area contributed by atoms with Gasteiger partial charge in [0.15, 0.2) is 5.76 Å². The molecule has 2 aromatic rings. The molecule has 1 atom stereocenters. The molecule has 90 valence electrons. The second-order valence-corrected chi connectivity index (χ2v) is 4.49. The minimum absolute atomic E-state index is 0.0389. The molecule has 0 fully saturated rings. The second kappa shape index (κ2) is 4.63. The summed E-state index contributed by atoms with van der Waals surface area (Å²) in [4.78, 5) is 3.86. The van der Waals surface area contributed by atoms with Crippen LogP contribution in [0.5, 0.6) is 0 Å². The molecule has 1 aromatic heterocycles. The third-order valence-electron chi connectivity index (χ3n) is 2.14. The molecule has 2 rings (SSSR count). The maximum absolute atomic E-state index is 13.6. The van der Waals surface area contributed by atoms with Crippen LogP contribution in [0.4, 0.5) is 8.78 Å². The van der Waals surface area contributed by atoms with Crippen LogP contribution in [0, 0.1) is 11.6 Å². The first-order chi connectivity index (χ1) is 7.99. The molecular formula is C11H7Cl2F2NO. The third-order valence-corrected chi connectivity index (χ3v) is 2.62. The summed E-state index contributed by atoms with van der Waals surface area (Å²) >= 11 is 11.2. The van der Waals surface area contributed by atoms with Crippen LogP contribution in [0.25, 0.3) is 11.3 Å². The first-order valence-electron chi connectivity index (χ1n) is 4.73. The van der Waals surface area contributed by atoms with Crippen LogP contribution in [-0.2, 0) is 0 Å². The van der Waals surface area contributed by atoms with E-state index in [-0.39, 0.29) is 22.2 Å². The molecule has 1 aromatic carbocycles. The number of hydrogen-bond donors (Lipinski definition) is 0. The van der Waals surface area contributed by atoms with Crippen LogP contribution in [0.15, 0.2) is 22.7 Å². The molecule has 6 heteroatoms. The predicted molar refractivity (Wildman–Crippen MR) is 61.1 cm³/mol. The van der Waals surface area contributed by atoms with Crippen molar-refractivity contribution in [2.45, 2.75) is 12.3 Å². The van der Waals surface area contributed by atoms with Gasteiger partial charge in [0.1, 0.15) is 17.0 Å². The summed E-state index contributed by atoms with van der Waals surface area (Å²) in [5.41, 5.74) is -0.0389. The number of benzene rings is 1. The molecule has 0 amide bonds. The normalized spacial score (nSPS) is 12.8. The molecule has 0 spiro atoms. The number of hydrogen-bond acceptors (Lipinski definition) is 2. The average Bonchev–Trinajstić information content (AvgIpc) is 2.72. The van der Waals surface area contributed by atoms with Crippen molar-refractivity contribution in [1.82, 2.24) is 4.98 Å². The molecule has 0 radical (unpaired) electrons. The summed E-state index contributed by atoms with van der Waals surface area (Å²) in [6.07, 6.45) is 1.29. The van der Waals surface area contributed by atoms with Crippen molar-refractivity contribution in [1.29, 1.82) is 0 Å². The Balaban J connectivity index is 2.49. The van der Waals surface area contributed by atoms with Crippen molar-refractivity contribution < 1.29 is 13.2 Å². The second-order valence-electron chi connectivity index (χ2n) is 3.42. The van der Waals surface area contributed by atoms with Gasteiger partial charge in [0, 0.05) is 0 Å². The molecule has 2 nitrogen and oxygen atoms in total. The minimum atomic E-state index is -0.722. The highest BCUT2D eigenvalue weighted by Crippen LogP contribution is 2.30. The Kier molecular flexibility index (Phi) is 3.35. The summed E-state index contributed by atoms with van der Waals surface area (Å²) < 4.78 is 32.0. The van der Waals surface area contributed by atoms with Gasteiger partial charge in [-0.2, -0.15) is 0 Å². The topological polar surface area (TPSA) is 26.0 Å². The lowest BCUT2D eigenvalue weighted by atomic mass is 10.1. The zero-order chi connectivity index (χ0) is 12.6. The van der Waals surface area contributed by atoms with Crippen LogP contribution in [0.1, 0.15) is 18.2 Å². The Hall–Kier alpha value is -1.13. The number of nitrogens with zero attached hydrogens (tertiary/aromatic N) is 1. The van der Waals surface area contributed by atoms with Crippen LogP contribution < -0.4 is 0 Å². The van der Waals surface area contributed by atoms with E-state index in [0.29, 0.717) is 0 Å². The minimum Gasteiger partial charge on any atom is -0.439 e. The smallest absolute Gasteiger partial charge is 0.212 e. The van der Waals surface area contributed by atoms with E-state index < -0.39 is 17.0 Å². The molecule has 1 unspecified atom stereocenters. The summed E-state index contributed by atoms with van der Waals surface area (Å²) in [5, 5.41) is -0.722. The lowest BCUT2D eigenvalue weighted by Crippen LogP contribution is -1.86. The summed E-state index contributed by atoms with van der Waals surface area (Å²) in [6.45, 7) is 1.66. The van der Waals surface area contributed by atoms with E-state index in [1.165, 1.54) is 6.20 Å². The first-order valence-corrected chi connectivity index (χ1v) is 5.55. The molecule has 0 bridgehead atoms. The first kappa shape index (κ1) is 12.3.